The van der Waals surface area contributed by atoms with Crippen molar-refractivity contribution in [2.75, 3.05) is 6.61 Å². The first-order valence-corrected chi connectivity index (χ1v) is 7.46. The maximum Gasteiger partial charge on any atom is 0.125 e. The van der Waals surface area contributed by atoms with Crippen molar-refractivity contribution in [1.82, 2.24) is 0 Å². The van der Waals surface area contributed by atoms with Crippen LogP contribution in [0.2, 0.25) is 0 Å². The van der Waals surface area contributed by atoms with Gasteiger partial charge in [-0.25, -0.2) is 0 Å². The van der Waals surface area contributed by atoms with Crippen LogP contribution in [-0.4, -0.2) is 17.8 Å². The van der Waals surface area contributed by atoms with Crippen LogP contribution in [0.1, 0.15) is 48.8 Å². The molecule has 2 nitrogen and oxygen atoms in total. The van der Waals surface area contributed by atoms with Crippen LogP contribution in [0.5, 0.6) is 5.75 Å². The highest BCUT2D eigenvalue weighted by atomic mass is 16.5. The Morgan fingerprint density at radius 2 is 1.74 bits per heavy atom. The Balaban J connectivity index is 1.85. The molecule has 0 heterocycles. The molecule has 0 radical (unpaired) electrons. The zero-order valence-electron chi connectivity index (χ0n) is 12.4. The molecule has 1 saturated carbocycles. The Bertz CT molecular complexity index is 396. The number of aliphatic hydroxyl groups excluding tert-OH is 1. The molecule has 0 saturated heterocycles. The van der Waals surface area contributed by atoms with Crippen molar-refractivity contribution < 1.29 is 9.84 Å². The van der Waals surface area contributed by atoms with E-state index in [1.807, 2.05) is 0 Å². The fourth-order valence-corrected chi connectivity index (χ4v) is 3.25. The quantitative estimate of drug-likeness (QED) is 0.871. The van der Waals surface area contributed by atoms with E-state index in [1.165, 1.54) is 42.4 Å². The Morgan fingerprint density at radius 3 is 2.32 bits per heavy atom. The van der Waals surface area contributed by atoms with Gasteiger partial charge in [0.1, 0.15) is 5.75 Å². The standard InChI is InChI=1S/C17H26O2/c1-12-10-13(2)17(14(3)11-12)19-9-8-16(18)15-6-4-5-7-15/h10-11,15-16,18H,4-9H2,1-3H3. The molecular formula is C17H26O2. The molecule has 2 heteroatoms. The van der Waals surface area contributed by atoms with Crippen molar-refractivity contribution in [3.8, 4) is 5.75 Å². The molecule has 1 fully saturated rings. The van der Waals surface area contributed by atoms with E-state index in [4.69, 9.17) is 4.74 Å². The van der Waals surface area contributed by atoms with Crippen molar-refractivity contribution in [2.24, 2.45) is 5.92 Å². The number of ether oxygens (including phenoxy) is 1. The van der Waals surface area contributed by atoms with Gasteiger partial charge in [-0.15, -0.1) is 0 Å². The lowest BCUT2D eigenvalue weighted by Crippen LogP contribution is -2.20. The predicted molar refractivity (Wildman–Crippen MR) is 78.7 cm³/mol. The molecule has 1 unspecified atom stereocenters. The van der Waals surface area contributed by atoms with Crippen molar-refractivity contribution in [3.05, 3.63) is 28.8 Å². The second-order valence-electron chi connectivity index (χ2n) is 5.98. The van der Waals surface area contributed by atoms with Gasteiger partial charge in [-0.05, 0) is 50.7 Å². The van der Waals surface area contributed by atoms with Crippen LogP contribution < -0.4 is 4.74 Å². The minimum absolute atomic E-state index is 0.187. The summed E-state index contributed by atoms with van der Waals surface area (Å²) in [5.41, 5.74) is 3.65. The van der Waals surface area contributed by atoms with Gasteiger partial charge < -0.3 is 9.84 Å². The van der Waals surface area contributed by atoms with Gasteiger partial charge in [-0.2, -0.15) is 0 Å². The highest BCUT2D eigenvalue weighted by molar-refractivity contribution is 5.42. The summed E-state index contributed by atoms with van der Waals surface area (Å²) in [6.45, 7) is 6.89. The van der Waals surface area contributed by atoms with Gasteiger partial charge in [0.25, 0.3) is 0 Å². The molecule has 1 aromatic carbocycles. The van der Waals surface area contributed by atoms with E-state index in [0.717, 1.165) is 12.2 Å². The first-order valence-electron chi connectivity index (χ1n) is 7.46. The molecule has 0 bridgehead atoms. The molecule has 0 spiro atoms. The smallest absolute Gasteiger partial charge is 0.125 e. The molecule has 1 atom stereocenters. The maximum absolute atomic E-state index is 10.1. The summed E-state index contributed by atoms with van der Waals surface area (Å²) in [5.74, 6) is 1.49. The Morgan fingerprint density at radius 1 is 1.16 bits per heavy atom. The first kappa shape index (κ1) is 14.4. The van der Waals surface area contributed by atoms with Crippen LogP contribution in [0, 0.1) is 26.7 Å². The van der Waals surface area contributed by atoms with Crippen LogP contribution in [0.4, 0.5) is 0 Å². The summed E-state index contributed by atoms with van der Waals surface area (Å²) in [5, 5.41) is 10.1. The normalized spacial score (nSPS) is 17.7. The lowest BCUT2D eigenvalue weighted by molar-refractivity contribution is 0.0851. The summed E-state index contributed by atoms with van der Waals surface area (Å²) < 4.78 is 5.89. The summed E-state index contributed by atoms with van der Waals surface area (Å²) in [4.78, 5) is 0. The van der Waals surface area contributed by atoms with Crippen molar-refractivity contribution in [1.29, 1.82) is 0 Å². The molecule has 2 rings (SSSR count). The Labute approximate surface area is 116 Å². The molecule has 106 valence electrons. The van der Waals surface area contributed by atoms with Crippen LogP contribution in [0.3, 0.4) is 0 Å². The van der Waals surface area contributed by atoms with Gasteiger partial charge in [-0.3, -0.25) is 0 Å². The van der Waals surface area contributed by atoms with Crippen LogP contribution in [0.25, 0.3) is 0 Å². The summed E-state index contributed by atoms with van der Waals surface area (Å²) in [6, 6.07) is 4.30. The summed E-state index contributed by atoms with van der Waals surface area (Å²) >= 11 is 0. The predicted octanol–water partition coefficient (Wildman–Crippen LogP) is 3.93. The molecule has 19 heavy (non-hydrogen) atoms. The van der Waals surface area contributed by atoms with E-state index in [-0.39, 0.29) is 6.10 Å². The molecule has 1 aliphatic rings. The third kappa shape index (κ3) is 3.73. The van der Waals surface area contributed by atoms with Crippen LogP contribution >= 0.6 is 0 Å². The average molecular weight is 262 g/mol. The van der Waals surface area contributed by atoms with E-state index < -0.39 is 0 Å². The van der Waals surface area contributed by atoms with E-state index in [1.54, 1.807) is 0 Å². The maximum atomic E-state index is 10.1. The van der Waals surface area contributed by atoms with E-state index >= 15 is 0 Å². The van der Waals surface area contributed by atoms with Gasteiger partial charge in [0.2, 0.25) is 0 Å². The minimum atomic E-state index is -0.187. The highest BCUT2D eigenvalue weighted by Crippen LogP contribution is 2.29. The number of hydrogen-bond donors (Lipinski definition) is 1. The van der Waals surface area contributed by atoms with Crippen molar-refractivity contribution in [3.63, 3.8) is 0 Å². The van der Waals surface area contributed by atoms with E-state index in [0.29, 0.717) is 12.5 Å². The third-order valence-corrected chi connectivity index (χ3v) is 4.21. The molecule has 1 aliphatic carbocycles. The third-order valence-electron chi connectivity index (χ3n) is 4.21. The first-order chi connectivity index (χ1) is 9.08. The van der Waals surface area contributed by atoms with Crippen molar-refractivity contribution >= 4 is 0 Å². The number of rotatable bonds is 5. The lowest BCUT2D eigenvalue weighted by Gasteiger charge is -2.19. The number of aliphatic hydroxyl groups is 1. The molecule has 1 aromatic rings. The fourth-order valence-electron chi connectivity index (χ4n) is 3.25. The van der Waals surface area contributed by atoms with Crippen molar-refractivity contribution in [2.45, 2.75) is 59.0 Å². The molecule has 0 aliphatic heterocycles. The minimum Gasteiger partial charge on any atom is -0.493 e. The van der Waals surface area contributed by atoms with Crippen LogP contribution in [0.15, 0.2) is 12.1 Å². The molecule has 0 aromatic heterocycles. The van der Waals surface area contributed by atoms with E-state index in [9.17, 15) is 5.11 Å². The zero-order valence-corrected chi connectivity index (χ0v) is 12.4. The molecule has 1 N–H and O–H groups in total. The monoisotopic (exact) mass is 262 g/mol. The number of benzene rings is 1. The Kier molecular flexibility index (Phi) is 4.87. The lowest BCUT2D eigenvalue weighted by atomic mass is 9.99. The molecular weight excluding hydrogens is 236 g/mol. The number of hydrogen-bond acceptors (Lipinski definition) is 2. The van der Waals surface area contributed by atoms with Gasteiger partial charge in [0.15, 0.2) is 0 Å². The zero-order chi connectivity index (χ0) is 13.8. The topological polar surface area (TPSA) is 29.5 Å². The summed E-state index contributed by atoms with van der Waals surface area (Å²) in [7, 11) is 0. The largest absolute Gasteiger partial charge is 0.493 e. The second kappa shape index (κ2) is 6.42. The SMILES string of the molecule is Cc1cc(C)c(OCCC(O)C2CCCC2)c(C)c1. The number of aryl methyl sites for hydroxylation is 3. The average Bonchev–Trinajstić information content (AvgIpc) is 2.85. The van der Waals surface area contributed by atoms with Gasteiger partial charge in [0, 0.05) is 6.42 Å². The summed E-state index contributed by atoms with van der Waals surface area (Å²) in [6.07, 6.45) is 5.48. The van der Waals surface area contributed by atoms with Gasteiger partial charge >= 0.3 is 0 Å². The van der Waals surface area contributed by atoms with Gasteiger partial charge in [-0.1, -0.05) is 30.5 Å². The van der Waals surface area contributed by atoms with Gasteiger partial charge in [0.05, 0.1) is 12.7 Å². The molecule has 0 amide bonds. The Hall–Kier alpha value is -1.02. The van der Waals surface area contributed by atoms with E-state index in [2.05, 4.69) is 32.9 Å². The second-order valence-corrected chi connectivity index (χ2v) is 5.98. The highest BCUT2D eigenvalue weighted by Gasteiger charge is 2.22. The van der Waals surface area contributed by atoms with Crippen LogP contribution in [-0.2, 0) is 0 Å². The fraction of sp³-hybridized carbons (Fsp3) is 0.647.